The van der Waals surface area contributed by atoms with Crippen LogP contribution >= 0.6 is 0 Å². The number of hydrogen-bond donors (Lipinski definition) is 4. The molecule has 1 aliphatic heterocycles. The standard InChI is InChI=1S/C21H26N4O2/c1-14-10-15(4-6-18(14)21(27)25-8-2-3-9-25)12-24-13-17-11-16(20(22)23)5-7-19(17)26/h4-7,10-11,24,26H,2-3,8-9,12-13H2,1H3,(H3,22,23). The fourth-order valence-electron chi connectivity index (χ4n) is 3.40. The van der Waals surface area contributed by atoms with Gasteiger partial charge in [0.25, 0.3) is 5.91 Å². The number of hydrogen-bond acceptors (Lipinski definition) is 4. The number of likely N-dealkylation sites (tertiary alicyclic amines) is 1. The number of phenolic OH excluding ortho intramolecular Hbond substituents is 1. The first-order valence-electron chi connectivity index (χ1n) is 9.21. The molecule has 6 nitrogen and oxygen atoms in total. The zero-order chi connectivity index (χ0) is 19.4. The first-order chi connectivity index (χ1) is 13.0. The molecule has 3 rings (SSSR count). The summed E-state index contributed by atoms with van der Waals surface area (Å²) in [6, 6.07) is 10.8. The van der Waals surface area contributed by atoms with Gasteiger partial charge in [0.1, 0.15) is 11.6 Å². The molecular weight excluding hydrogens is 340 g/mol. The number of rotatable bonds is 6. The Balaban J connectivity index is 1.62. The van der Waals surface area contributed by atoms with Crippen molar-refractivity contribution < 1.29 is 9.90 Å². The highest BCUT2D eigenvalue weighted by molar-refractivity contribution is 5.96. The molecule has 1 amide bonds. The predicted octanol–water partition coefficient (Wildman–Crippen LogP) is 2.51. The van der Waals surface area contributed by atoms with Gasteiger partial charge in [0.15, 0.2) is 0 Å². The topological polar surface area (TPSA) is 102 Å². The zero-order valence-electron chi connectivity index (χ0n) is 15.6. The second kappa shape index (κ2) is 8.22. The van der Waals surface area contributed by atoms with Gasteiger partial charge in [-0.2, -0.15) is 0 Å². The molecule has 1 saturated heterocycles. The Kier molecular flexibility index (Phi) is 5.76. The number of carbonyl (C=O) groups is 1. The maximum absolute atomic E-state index is 12.6. The number of nitrogens with two attached hydrogens (primary N) is 1. The number of amides is 1. The summed E-state index contributed by atoms with van der Waals surface area (Å²) in [5.74, 6) is 0.274. The average Bonchev–Trinajstić information content (AvgIpc) is 3.17. The summed E-state index contributed by atoms with van der Waals surface area (Å²) in [6.45, 7) is 4.74. The van der Waals surface area contributed by atoms with E-state index in [0.717, 1.165) is 42.6 Å². The number of amidine groups is 1. The molecule has 27 heavy (non-hydrogen) atoms. The molecule has 142 valence electrons. The Labute approximate surface area is 159 Å². The first-order valence-corrected chi connectivity index (χ1v) is 9.21. The highest BCUT2D eigenvalue weighted by Crippen LogP contribution is 2.19. The molecule has 0 aromatic heterocycles. The molecule has 1 fully saturated rings. The van der Waals surface area contributed by atoms with E-state index in [1.807, 2.05) is 30.0 Å². The second-order valence-corrected chi connectivity index (χ2v) is 7.01. The number of nitrogens with zero attached hydrogens (tertiary/aromatic N) is 1. The molecule has 0 bridgehead atoms. The Bertz CT molecular complexity index is 857. The van der Waals surface area contributed by atoms with Gasteiger partial charge in [-0.15, -0.1) is 0 Å². The van der Waals surface area contributed by atoms with Gasteiger partial charge in [-0.25, -0.2) is 0 Å². The molecule has 0 radical (unpaired) electrons. The number of benzene rings is 2. The summed E-state index contributed by atoms with van der Waals surface area (Å²) in [5.41, 5.74) is 9.61. The van der Waals surface area contributed by atoms with Crippen LogP contribution in [0.5, 0.6) is 5.75 Å². The van der Waals surface area contributed by atoms with Crippen molar-refractivity contribution in [3.05, 3.63) is 64.2 Å². The molecule has 6 heteroatoms. The Morgan fingerprint density at radius 2 is 1.93 bits per heavy atom. The van der Waals surface area contributed by atoms with E-state index >= 15 is 0 Å². The minimum Gasteiger partial charge on any atom is -0.508 e. The van der Waals surface area contributed by atoms with Gasteiger partial charge in [-0.3, -0.25) is 10.2 Å². The minimum absolute atomic E-state index is 0.0230. The SMILES string of the molecule is Cc1cc(CNCc2cc(C(=N)N)ccc2O)ccc1C(=O)N1CCCC1. The summed E-state index contributed by atoms with van der Waals surface area (Å²) in [6.07, 6.45) is 2.18. The van der Waals surface area contributed by atoms with Crippen LogP contribution in [0.1, 0.15) is 45.5 Å². The molecule has 0 aliphatic carbocycles. The van der Waals surface area contributed by atoms with E-state index in [1.165, 1.54) is 0 Å². The smallest absolute Gasteiger partial charge is 0.254 e. The van der Waals surface area contributed by atoms with Crippen LogP contribution in [0.4, 0.5) is 0 Å². The summed E-state index contributed by atoms with van der Waals surface area (Å²) in [5, 5.41) is 20.8. The average molecular weight is 366 g/mol. The highest BCUT2D eigenvalue weighted by atomic mass is 16.3. The van der Waals surface area contributed by atoms with Crippen molar-refractivity contribution in [2.75, 3.05) is 13.1 Å². The molecule has 0 atom stereocenters. The Hall–Kier alpha value is -2.86. The van der Waals surface area contributed by atoms with E-state index in [4.69, 9.17) is 11.1 Å². The van der Waals surface area contributed by atoms with Crippen LogP contribution < -0.4 is 11.1 Å². The summed E-state index contributed by atoms with van der Waals surface area (Å²) in [7, 11) is 0. The monoisotopic (exact) mass is 366 g/mol. The third-order valence-corrected chi connectivity index (χ3v) is 4.95. The highest BCUT2D eigenvalue weighted by Gasteiger charge is 2.20. The molecular formula is C21H26N4O2. The Morgan fingerprint density at radius 3 is 2.59 bits per heavy atom. The van der Waals surface area contributed by atoms with Crippen LogP contribution in [0.3, 0.4) is 0 Å². The predicted molar refractivity (Wildman–Crippen MR) is 106 cm³/mol. The van der Waals surface area contributed by atoms with Gasteiger partial charge < -0.3 is 21.1 Å². The number of carbonyl (C=O) groups excluding carboxylic acids is 1. The van der Waals surface area contributed by atoms with Crippen molar-refractivity contribution in [1.29, 1.82) is 5.41 Å². The third-order valence-electron chi connectivity index (χ3n) is 4.95. The van der Waals surface area contributed by atoms with Crippen molar-refractivity contribution in [2.45, 2.75) is 32.9 Å². The quantitative estimate of drug-likeness (QED) is 0.466. The Morgan fingerprint density at radius 1 is 1.19 bits per heavy atom. The summed E-state index contributed by atoms with van der Waals surface area (Å²) >= 11 is 0. The van der Waals surface area contributed by atoms with Crippen LogP contribution in [0, 0.1) is 12.3 Å². The molecule has 0 spiro atoms. The number of aromatic hydroxyl groups is 1. The molecule has 0 saturated carbocycles. The van der Waals surface area contributed by atoms with Gasteiger partial charge in [0.2, 0.25) is 0 Å². The van der Waals surface area contributed by atoms with E-state index < -0.39 is 0 Å². The lowest BCUT2D eigenvalue weighted by atomic mass is 10.0. The van der Waals surface area contributed by atoms with Crippen molar-refractivity contribution in [3.63, 3.8) is 0 Å². The van der Waals surface area contributed by atoms with E-state index in [9.17, 15) is 9.90 Å². The van der Waals surface area contributed by atoms with Gasteiger partial charge in [-0.05, 0) is 55.2 Å². The van der Waals surface area contributed by atoms with Crippen LogP contribution in [-0.4, -0.2) is 34.8 Å². The third kappa shape index (κ3) is 4.46. The van der Waals surface area contributed by atoms with Crippen LogP contribution in [0.15, 0.2) is 36.4 Å². The molecule has 0 unspecified atom stereocenters. The lowest BCUT2D eigenvalue weighted by molar-refractivity contribution is 0.0792. The van der Waals surface area contributed by atoms with E-state index in [1.54, 1.807) is 18.2 Å². The van der Waals surface area contributed by atoms with Crippen molar-refractivity contribution in [3.8, 4) is 5.75 Å². The number of nitrogen functional groups attached to an aromatic ring is 1. The van der Waals surface area contributed by atoms with Gasteiger partial charge in [-0.1, -0.05) is 12.1 Å². The summed E-state index contributed by atoms with van der Waals surface area (Å²) < 4.78 is 0. The molecule has 1 heterocycles. The minimum atomic E-state index is -0.0230. The maximum atomic E-state index is 12.6. The van der Waals surface area contributed by atoms with Crippen molar-refractivity contribution in [2.24, 2.45) is 5.73 Å². The fraction of sp³-hybridized carbons (Fsp3) is 0.333. The maximum Gasteiger partial charge on any atom is 0.254 e. The largest absolute Gasteiger partial charge is 0.508 e. The van der Waals surface area contributed by atoms with Crippen molar-refractivity contribution in [1.82, 2.24) is 10.2 Å². The summed E-state index contributed by atoms with van der Waals surface area (Å²) in [4.78, 5) is 14.5. The fourth-order valence-corrected chi connectivity index (χ4v) is 3.40. The van der Waals surface area contributed by atoms with Gasteiger partial charge in [0.05, 0.1) is 0 Å². The van der Waals surface area contributed by atoms with Gasteiger partial charge in [0, 0.05) is 42.9 Å². The number of nitrogens with one attached hydrogen (secondary N) is 2. The molecule has 2 aromatic rings. The molecule has 1 aliphatic rings. The van der Waals surface area contributed by atoms with Crippen LogP contribution in [-0.2, 0) is 13.1 Å². The van der Waals surface area contributed by atoms with Crippen molar-refractivity contribution >= 4 is 11.7 Å². The van der Waals surface area contributed by atoms with Crippen LogP contribution in [0.2, 0.25) is 0 Å². The first kappa shape index (κ1) is 18.9. The normalized spacial score (nSPS) is 13.7. The lowest BCUT2D eigenvalue weighted by Crippen LogP contribution is -2.28. The van der Waals surface area contributed by atoms with Gasteiger partial charge >= 0.3 is 0 Å². The second-order valence-electron chi connectivity index (χ2n) is 7.01. The van der Waals surface area contributed by atoms with E-state index in [0.29, 0.717) is 24.2 Å². The number of phenols is 1. The van der Waals surface area contributed by atoms with Crippen LogP contribution in [0.25, 0.3) is 0 Å². The lowest BCUT2D eigenvalue weighted by Gasteiger charge is -2.17. The zero-order valence-corrected chi connectivity index (χ0v) is 15.6. The molecule has 5 N–H and O–H groups in total. The molecule has 2 aromatic carbocycles. The van der Waals surface area contributed by atoms with E-state index in [-0.39, 0.29) is 17.5 Å². The number of aryl methyl sites for hydroxylation is 1. The van der Waals surface area contributed by atoms with E-state index in [2.05, 4.69) is 5.32 Å².